The van der Waals surface area contributed by atoms with Crippen LogP contribution in [0, 0.1) is 6.92 Å². The van der Waals surface area contributed by atoms with Gasteiger partial charge in [-0.25, -0.2) is 9.97 Å². The lowest BCUT2D eigenvalue weighted by Crippen LogP contribution is -2.48. The molecule has 0 spiro atoms. The van der Waals surface area contributed by atoms with Crippen molar-refractivity contribution in [3.05, 3.63) is 18.1 Å². The van der Waals surface area contributed by atoms with Gasteiger partial charge in [0.1, 0.15) is 11.6 Å². The van der Waals surface area contributed by atoms with Gasteiger partial charge in [0.05, 0.1) is 18.8 Å². The van der Waals surface area contributed by atoms with E-state index < -0.39 is 0 Å². The van der Waals surface area contributed by atoms with Gasteiger partial charge in [-0.1, -0.05) is 0 Å². The minimum atomic E-state index is -0.126. The van der Waals surface area contributed by atoms with Crippen LogP contribution in [0.15, 0.2) is 12.3 Å². The zero-order chi connectivity index (χ0) is 11.5. The maximum absolute atomic E-state index is 9.14. The summed E-state index contributed by atoms with van der Waals surface area (Å²) in [6.45, 7) is 5.40. The highest BCUT2D eigenvalue weighted by atomic mass is 16.5. The number of aryl methyl sites for hydroxylation is 1. The molecule has 0 radical (unpaired) electrons. The van der Waals surface area contributed by atoms with Crippen LogP contribution in [0.25, 0.3) is 0 Å². The van der Waals surface area contributed by atoms with Crippen LogP contribution >= 0.6 is 0 Å². The van der Waals surface area contributed by atoms with Crippen molar-refractivity contribution in [3.8, 4) is 0 Å². The van der Waals surface area contributed by atoms with Crippen LogP contribution < -0.4 is 4.90 Å². The molecule has 1 aromatic rings. The van der Waals surface area contributed by atoms with Gasteiger partial charge in [0, 0.05) is 19.3 Å². The quantitative estimate of drug-likeness (QED) is 0.785. The number of aliphatic hydroxyl groups excluding tert-OH is 1. The molecule has 0 saturated carbocycles. The average molecular weight is 223 g/mol. The number of nitrogens with zero attached hydrogens (tertiary/aromatic N) is 3. The molecule has 1 aromatic heterocycles. The Kier molecular flexibility index (Phi) is 3.36. The Balaban J connectivity index is 2.14. The Morgan fingerprint density at radius 2 is 2.38 bits per heavy atom. The van der Waals surface area contributed by atoms with E-state index in [1.54, 1.807) is 6.20 Å². The Morgan fingerprint density at radius 3 is 3.06 bits per heavy atom. The number of rotatable bonds is 2. The zero-order valence-electron chi connectivity index (χ0n) is 9.63. The van der Waals surface area contributed by atoms with E-state index in [9.17, 15) is 0 Å². The average Bonchev–Trinajstić information content (AvgIpc) is 2.28. The summed E-state index contributed by atoms with van der Waals surface area (Å²) >= 11 is 0. The summed E-state index contributed by atoms with van der Waals surface area (Å²) < 4.78 is 5.58. The standard InChI is InChI=1S/C11H17N3O2/c1-8-5-14(6-10(7-15)16-8)11-3-4-12-9(2)13-11/h3-4,8,10,15H,5-7H2,1-2H3. The van der Waals surface area contributed by atoms with Crippen LogP contribution in [0.1, 0.15) is 12.7 Å². The second-order valence-corrected chi connectivity index (χ2v) is 4.12. The maximum Gasteiger partial charge on any atom is 0.132 e. The lowest BCUT2D eigenvalue weighted by Gasteiger charge is -2.36. The van der Waals surface area contributed by atoms with Gasteiger partial charge in [0.25, 0.3) is 0 Å². The van der Waals surface area contributed by atoms with Gasteiger partial charge in [-0.05, 0) is 19.9 Å². The first kappa shape index (κ1) is 11.3. The van der Waals surface area contributed by atoms with Crippen molar-refractivity contribution in [2.45, 2.75) is 26.1 Å². The van der Waals surface area contributed by atoms with Gasteiger partial charge in [0.2, 0.25) is 0 Å². The van der Waals surface area contributed by atoms with Gasteiger partial charge in [-0.3, -0.25) is 0 Å². The second kappa shape index (κ2) is 4.76. The first-order valence-electron chi connectivity index (χ1n) is 5.50. The molecule has 0 aliphatic carbocycles. The Morgan fingerprint density at radius 1 is 1.56 bits per heavy atom. The lowest BCUT2D eigenvalue weighted by molar-refractivity contribution is -0.0423. The highest BCUT2D eigenvalue weighted by molar-refractivity contribution is 5.38. The molecule has 5 heteroatoms. The van der Waals surface area contributed by atoms with Crippen LogP contribution in [0.5, 0.6) is 0 Å². The second-order valence-electron chi connectivity index (χ2n) is 4.12. The van der Waals surface area contributed by atoms with E-state index >= 15 is 0 Å². The topological polar surface area (TPSA) is 58.5 Å². The van der Waals surface area contributed by atoms with Crippen molar-refractivity contribution in [2.24, 2.45) is 0 Å². The normalized spacial score (nSPS) is 25.8. The van der Waals surface area contributed by atoms with E-state index in [0.717, 1.165) is 18.2 Å². The van der Waals surface area contributed by atoms with Crippen LogP contribution in [0.3, 0.4) is 0 Å². The fraction of sp³-hybridized carbons (Fsp3) is 0.636. The van der Waals surface area contributed by atoms with Crippen LogP contribution in [-0.4, -0.2) is 47.0 Å². The van der Waals surface area contributed by atoms with Crippen molar-refractivity contribution >= 4 is 5.82 Å². The van der Waals surface area contributed by atoms with Crippen LogP contribution in [0.2, 0.25) is 0 Å². The molecule has 1 aliphatic heterocycles. The van der Waals surface area contributed by atoms with E-state index in [2.05, 4.69) is 14.9 Å². The Hall–Kier alpha value is -1.20. The Bertz CT molecular complexity index is 359. The smallest absolute Gasteiger partial charge is 0.132 e. The fourth-order valence-electron chi connectivity index (χ4n) is 1.95. The molecule has 2 rings (SSSR count). The largest absolute Gasteiger partial charge is 0.394 e. The number of hydrogen-bond acceptors (Lipinski definition) is 5. The van der Waals surface area contributed by atoms with Crippen molar-refractivity contribution < 1.29 is 9.84 Å². The molecule has 0 amide bonds. The van der Waals surface area contributed by atoms with E-state index in [4.69, 9.17) is 9.84 Å². The van der Waals surface area contributed by atoms with E-state index in [1.807, 2.05) is 19.9 Å². The summed E-state index contributed by atoms with van der Waals surface area (Å²) in [4.78, 5) is 10.6. The predicted molar refractivity (Wildman–Crippen MR) is 60.4 cm³/mol. The molecule has 0 bridgehead atoms. The van der Waals surface area contributed by atoms with E-state index in [-0.39, 0.29) is 18.8 Å². The molecule has 1 aliphatic rings. The maximum atomic E-state index is 9.14. The monoisotopic (exact) mass is 223 g/mol. The van der Waals surface area contributed by atoms with E-state index in [0.29, 0.717) is 6.54 Å². The van der Waals surface area contributed by atoms with Crippen molar-refractivity contribution in [1.82, 2.24) is 9.97 Å². The molecule has 1 fully saturated rings. The first-order valence-corrected chi connectivity index (χ1v) is 5.50. The highest BCUT2D eigenvalue weighted by Gasteiger charge is 2.25. The first-order chi connectivity index (χ1) is 7.69. The number of hydrogen-bond donors (Lipinski definition) is 1. The van der Waals surface area contributed by atoms with Gasteiger partial charge < -0.3 is 14.7 Å². The third-order valence-electron chi connectivity index (χ3n) is 2.62. The zero-order valence-corrected chi connectivity index (χ0v) is 9.63. The number of aromatic nitrogens is 2. The number of morpholine rings is 1. The summed E-state index contributed by atoms with van der Waals surface area (Å²) in [6, 6.07) is 1.89. The minimum Gasteiger partial charge on any atom is -0.394 e. The van der Waals surface area contributed by atoms with Crippen molar-refractivity contribution in [2.75, 3.05) is 24.6 Å². The number of anilines is 1. The summed E-state index contributed by atoms with van der Waals surface area (Å²) in [5, 5.41) is 9.14. The number of ether oxygens (including phenoxy) is 1. The third-order valence-corrected chi connectivity index (χ3v) is 2.62. The molecular weight excluding hydrogens is 206 g/mol. The van der Waals surface area contributed by atoms with Crippen LogP contribution in [-0.2, 0) is 4.74 Å². The van der Waals surface area contributed by atoms with Crippen molar-refractivity contribution in [3.63, 3.8) is 0 Å². The Labute approximate surface area is 95.1 Å². The number of aliphatic hydroxyl groups is 1. The molecule has 2 unspecified atom stereocenters. The summed E-state index contributed by atoms with van der Waals surface area (Å²) in [6.07, 6.45) is 1.74. The lowest BCUT2D eigenvalue weighted by atomic mass is 10.2. The SMILES string of the molecule is Cc1nccc(N2CC(C)OC(CO)C2)n1. The van der Waals surface area contributed by atoms with Gasteiger partial charge in [0.15, 0.2) is 0 Å². The van der Waals surface area contributed by atoms with E-state index in [1.165, 1.54) is 0 Å². The fourth-order valence-corrected chi connectivity index (χ4v) is 1.95. The van der Waals surface area contributed by atoms with Crippen LogP contribution in [0.4, 0.5) is 5.82 Å². The summed E-state index contributed by atoms with van der Waals surface area (Å²) in [5.74, 6) is 1.67. The molecule has 2 heterocycles. The molecule has 88 valence electrons. The van der Waals surface area contributed by atoms with Gasteiger partial charge in [-0.2, -0.15) is 0 Å². The third kappa shape index (κ3) is 2.48. The molecular formula is C11H17N3O2. The highest BCUT2D eigenvalue weighted by Crippen LogP contribution is 2.17. The van der Waals surface area contributed by atoms with Crippen molar-refractivity contribution in [1.29, 1.82) is 0 Å². The predicted octanol–water partition coefficient (Wildman–Crippen LogP) is 0.371. The molecule has 5 nitrogen and oxygen atoms in total. The summed E-state index contributed by atoms with van der Waals surface area (Å²) in [5.41, 5.74) is 0. The summed E-state index contributed by atoms with van der Waals surface area (Å²) in [7, 11) is 0. The molecule has 0 aromatic carbocycles. The van der Waals surface area contributed by atoms with Gasteiger partial charge >= 0.3 is 0 Å². The minimum absolute atomic E-state index is 0.0465. The molecule has 16 heavy (non-hydrogen) atoms. The van der Waals surface area contributed by atoms with Gasteiger partial charge in [-0.15, -0.1) is 0 Å². The molecule has 1 N–H and O–H groups in total. The molecule has 1 saturated heterocycles. The molecule has 2 atom stereocenters.